The number of hydrogen-bond acceptors (Lipinski definition) is 6. The molecule has 1 aliphatic carbocycles. The highest BCUT2D eigenvalue weighted by Gasteiger charge is 2.46. The molecular formula is C14H24N4O2S. The second-order valence-corrected chi connectivity index (χ2v) is 6.64. The number of carbonyl (C=O) groups excluding carboxylic acids is 1. The quantitative estimate of drug-likeness (QED) is 0.635. The van der Waals surface area contributed by atoms with Crippen LogP contribution in [0.5, 0.6) is 0 Å². The van der Waals surface area contributed by atoms with Crippen LogP contribution in [0.15, 0.2) is 5.16 Å². The first-order chi connectivity index (χ1) is 9.99. The second kappa shape index (κ2) is 6.79. The lowest BCUT2D eigenvalue weighted by Crippen LogP contribution is -2.52. The Morgan fingerprint density at radius 3 is 2.95 bits per heavy atom. The van der Waals surface area contributed by atoms with Crippen molar-refractivity contribution in [2.45, 2.75) is 50.2 Å². The largest absolute Gasteiger partial charge is 0.465 e. The first-order valence-electron chi connectivity index (χ1n) is 7.44. The van der Waals surface area contributed by atoms with Gasteiger partial charge in [0, 0.05) is 12.8 Å². The molecule has 2 atom stereocenters. The zero-order valence-electron chi connectivity index (χ0n) is 13.0. The summed E-state index contributed by atoms with van der Waals surface area (Å²) < 4.78 is 7.12. The third kappa shape index (κ3) is 3.40. The van der Waals surface area contributed by atoms with Gasteiger partial charge in [-0.05, 0) is 39.0 Å². The van der Waals surface area contributed by atoms with E-state index in [1.165, 1.54) is 0 Å². The molecule has 1 heterocycles. The standard InChI is InChI=1S/C14H24N4O2S/c1-4-20-12(19)14(15)8-5-6-11(14)7-9-21-13-17-16-10(2)18(13)3/h11H,4-9,15H2,1-3H3. The van der Waals surface area contributed by atoms with E-state index < -0.39 is 5.54 Å². The minimum atomic E-state index is -0.799. The van der Waals surface area contributed by atoms with Gasteiger partial charge in [0.15, 0.2) is 5.16 Å². The van der Waals surface area contributed by atoms with Crippen molar-refractivity contribution in [3.8, 4) is 0 Å². The van der Waals surface area contributed by atoms with E-state index in [1.807, 2.05) is 25.5 Å². The molecule has 0 amide bonds. The van der Waals surface area contributed by atoms with Gasteiger partial charge in [-0.2, -0.15) is 0 Å². The molecule has 1 fully saturated rings. The molecule has 0 spiro atoms. The Morgan fingerprint density at radius 1 is 1.57 bits per heavy atom. The number of hydrogen-bond donors (Lipinski definition) is 1. The number of nitrogens with two attached hydrogens (primary N) is 1. The van der Waals surface area contributed by atoms with Gasteiger partial charge in [0.05, 0.1) is 6.61 Å². The third-order valence-electron chi connectivity index (χ3n) is 4.28. The SMILES string of the molecule is CCOC(=O)C1(N)CCCC1CCSc1nnc(C)n1C. The van der Waals surface area contributed by atoms with Crippen molar-refractivity contribution in [1.82, 2.24) is 14.8 Å². The Balaban J connectivity index is 1.90. The lowest BCUT2D eigenvalue weighted by Gasteiger charge is -2.28. The number of carbonyl (C=O) groups is 1. The van der Waals surface area contributed by atoms with Gasteiger partial charge in [-0.15, -0.1) is 10.2 Å². The van der Waals surface area contributed by atoms with Crippen LogP contribution in [0, 0.1) is 12.8 Å². The van der Waals surface area contributed by atoms with Crippen molar-refractivity contribution in [2.75, 3.05) is 12.4 Å². The summed E-state index contributed by atoms with van der Waals surface area (Å²) in [6.07, 6.45) is 3.61. The summed E-state index contributed by atoms with van der Waals surface area (Å²) in [4.78, 5) is 12.1. The molecular weight excluding hydrogens is 288 g/mol. The number of rotatable bonds is 6. The van der Waals surface area contributed by atoms with Crippen LogP contribution in [0.3, 0.4) is 0 Å². The first kappa shape index (κ1) is 16.3. The molecule has 0 saturated heterocycles. The minimum Gasteiger partial charge on any atom is -0.465 e. The molecule has 1 aromatic rings. The van der Waals surface area contributed by atoms with Crippen molar-refractivity contribution in [3.05, 3.63) is 5.82 Å². The molecule has 118 valence electrons. The predicted molar refractivity (Wildman–Crippen MR) is 82.0 cm³/mol. The van der Waals surface area contributed by atoms with Crippen LogP contribution < -0.4 is 5.73 Å². The number of ether oxygens (including phenoxy) is 1. The maximum Gasteiger partial charge on any atom is 0.326 e. The van der Waals surface area contributed by atoms with Crippen LogP contribution in [-0.2, 0) is 16.6 Å². The molecule has 7 heteroatoms. The summed E-state index contributed by atoms with van der Waals surface area (Å²) in [7, 11) is 1.96. The highest BCUT2D eigenvalue weighted by molar-refractivity contribution is 7.99. The normalized spacial score (nSPS) is 25.2. The number of nitrogens with zero attached hydrogens (tertiary/aromatic N) is 3. The van der Waals surface area contributed by atoms with Crippen LogP contribution in [0.1, 0.15) is 38.4 Å². The Bertz CT molecular complexity index is 505. The molecule has 2 rings (SSSR count). The van der Waals surface area contributed by atoms with Crippen LogP contribution in [0.25, 0.3) is 0 Å². The van der Waals surface area contributed by atoms with E-state index in [1.54, 1.807) is 11.8 Å². The highest BCUT2D eigenvalue weighted by atomic mass is 32.2. The minimum absolute atomic E-state index is 0.193. The number of esters is 1. The molecule has 0 bridgehead atoms. The average Bonchev–Trinajstić information content (AvgIpc) is 2.98. The molecule has 2 unspecified atom stereocenters. The molecule has 2 N–H and O–H groups in total. The Kier molecular flexibility index (Phi) is 5.27. The van der Waals surface area contributed by atoms with Gasteiger partial charge in [-0.3, -0.25) is 4.79 Å². The van der Waals surface area contributed by atoms with Crippen molar-refractivity contribution in [2.24, 2.45) is 18.7 Å². The van der Waals surface area contributed by atoms with Gasteiger partial charge in [0.2, 0.25) is 0 Å². The van der Waals surface area contributed by atoms with Crippen molar-refractivity contribution >= 4 is 17.7 Å². The molecule has 21 heavy (non-hydrogen) atoms. The van der Waals surface area contributed by atoms with Gasteiger partial charge in [0.25, 0.3) is 0 Å². The summed E-state index contributed by atoms with van der Waals surface area (Å²) in [5, 5.41) is 9.08. The van der Waals surface area contributed by atoms with Crippen molar-refractivity contribution in [3.63, 3.8) is 0 Å². The lowest BCUT2D eigenvalue weighted by atomic mass is 9.86. The fraction of sp³-hybridized carbons (Fsp3) is 0.786. The van der Waals surface area contributed by atoms with E-state index in [9.17, 15) is 4.79 Å². The summed E-state index contributed by atoms with van der Waals surface area (Å²) in [5.41, 5.74) is 5.53. The van der Waals surface area contributed by atoms with E-state index in [4.69, 9.17) is 10.5 Å². The zero-order valence-corrected chi connectivity index (χ0v) is 13.8. The van der Waals surface area contributed by atoms with Crippen LogP contribution >= 0.6 is 11.8 Å². The van der Waals surface area contributed by atoms with Crippen molar-refractivity contribution < 1.29 is 9.53 Å². The van der Waals surface area contributed by atoms with E-state index in [2.05, 4.69) is 10.2 Å². The molecule has 0 radical (unpaired) electrons. The summed E-state index contributed by atoms with van der Waals surface area (Å²) in [6, 6.07) is 0. The van der Waals surface area contributed by atoms with E-state index in [0.29, 0.717) is 6.61 Å². The lowest BCUT2D eigenvalue weighted by molar-refractivity contribution is -0.151. The smallest absolute Gasteiger partial charge is 0.326 e. The summed E-state index contributed by atoms with van der Waals surface area (Å²) in [6.45, 7) is 4.13. The molecule has 0 aliphatic heterocycles. The van der Waals surface area contributed by atoms with Gasteiger partial charge in [0.1, 0.15) is 11.4 Å². The number of aromatic nitrogens is 3. The second-order valence-electron chi connectivity index (χ2n) is 5.58. The maximum atomic E-state index is 12.1. The van der Waals surface area contributed by atoms with Gasteiger partial charge < -0.3 is 15.0 Å². The monoisotopic (exact) mass is 312 g/mol. The molecule has 1 aliphatic rings. The predicted octanol–water partition coefficient (Wildman–Crippen LogP) is 1.67. The molecule has 1 saturated carbocycles. The fourth-order valence-electron chi connectivity index (χ4n) is 2.84. The average molecular weight is 312 g/mol. The number of aryl methyl sites for hydroxylation is 1. The summed E-state index contributed by atoms with van der Waals surface area (Å²) >= 11 is 1.66. The molecule has 1 aromatic heterocycles. The number of thioether (sulfide) groups is 1. The Morgan fingerprint density at radius 2 is 2.33 bits per heavy atom. The van der Waals surface area contributed by atoms with E-state index in [0.717, 1.165) is 42.4 Å². The molecule has 6 nitrogen and oxygen atoms in total. The van der Waals surface area contributed by atoms with E-state index >= 15 is 0 Å². The van der Waals surface area contributed by atoms with Crippen molar-refractivity contribution in [1.29, 1.82) is 0 Å². The van der Waals surface area contributed by atoms with Crippen LogP contribution in [-0.4, -0.2) is 38.6 Å². The van der Waals surface area contributed by atoms with E-state index in [-0.39, 0.29) is 11.9 Å². The topological polar surface area (TPSA) is 83.0 Å². The van der Waals surface area contributed by atoms with Gasteiger partial charge in [-0.1, -0.05) is 18.2 Å². The van der Waals surface area contributed by atoms with Crippen LogP contribution in [0.4, 0.5) is 0 Å². The highest BCUT2D eigenvalue weighted by Crippen LogP contribution is 2.38. The zero-order chi connectivity index (χ0) is 15.5. The maximum absolute atomic E-state index is 12.1. The fourth-order valence-corrected chi connectivity index (χ4v) is 3.85. The Hall–Kier alpha value is -1.08. The molecule has 0 aromatic carbocycles. The third-order valence-corrected chi connectivity index (χ3v) is 5.33. The first-order valence-corrected chi connectivity index (χ1v) is 8.42. The van der Waals surface area contributed by atoms with Crippen LogP contribution in [0.2, 0.25) is 0 Å². The van der Waals surface area contributed by atoms with Gasteiger partial charge in [-0.25, -0.2) is 0 Å². The van der Waals surface area contributed by atoms with Gasteiger partial charge >= 0.3 is 5.97 Å². The summed E-state index contributed by atoms with van der Waals surface area (Å²) in [5.74, 6) is 1.73. The Labute approximate surface area is 129 Å².